The zero-order valence-electron chi connectivity index (χ0n) is 11.5. The molecule has 0 saturated heterocycles. The van der Waals surface area contributed by atoms with Crippen molar-refractivity contribution in [2.24, 2.45) is 0 Å². The average molecular weight is 303 g/mol. The van der Waals surface area contributed by atoms with Gasteiger partial charge in [0.15, 0.2) is 0 Å². The van der Waals surface area contributed by atoms with Crippen LogP contribution >= 0.6 is 11.3 Å². The maximum absolute atomic E-state index is 13.3. The molecule has 1 amide bonds. The fourth-order valence-electron chi connectivity index (χ4n) is 1.92. The minimum atomic E-state index is -0.384. The van der Waals surface area contributed by atoms with Crippen molar-refractivity contribution in [2.45, 2.75) is 6.92 Å². The average Bonchev–Trinajstić information content (AvgIpc) is 2.94. The van der Waals surface area contributed by atoms with Crippen LogP contribution in [0, 0.1) is 17.7 Å². The number of hydrogen-bond acceptors (Lipinski definition) is 3. The highest BCUT2D eigenvalue weighted by atomic mass is 32.1. The van der Waals surface area contributed by atoms with E-state index in [1.165, 1.54) is 28.4 Å². The van der Waals surface area contributed by atoms with Crippen molar-refractivity contribution in [2.75, 3.05) is 18.1 Å². The van der Waals surface area contributed by atoms with Gasteiger partial charge in [-0.3, -0.25) is 4.79 Å². The van der Waals surface area contributed by atoms with Crippen LogP contribution in [-0.4, -0.2) is 24.2 Å². The van der Waals surface area contributed by atoms with Crippen LogP contribution < -0.4 is 4.90 Å². The normalized spacial score (nSPS) is 9.86. The number of thiophene rings is 1. The molecule has 0 atom stereocenters. The van der Waals surface area contributed by atoms with E-state index in [1.807, 2.05) is 6.92 Å². The molecule has 0 spiro atoms. The van der Waals surface area contributed by atoms with E-state index in [0.29, 0.717) is 22.7 Å². The Morgan fingerprint density at radius 3 is 2.90 bits per heavy atom. The first-order valence-corrected chi connectivity index (χ1v) is 7.30. The van der Waals surface area contributed by atoms with E-state index in [-0.39, 0.29) is 18.3 Å². The van der Waals surface area contributed by atoms with Gasteiger partial charge < -0.3 is 10.0 Å². The number of hydrogen-bond donors (Lipinski definition) is 1. The number of carbonyl (C=O) groups excluding carboxylic acids is 1. The summed E-state index contributed by atoms with van der Waals surface area (Å²) in [5, 5.41) is 10.5. The second-order valence-electron chi connectivity index (χ2n) is 4.15. The molecule has 2 rings (SSSR count). The lowest BCUT2D eigenvalue weighted by Gasteiger charge is -2.20. The van der Waals surface area contributed by atoms with E-state index in [1.54, 1.807) is 23.6 Å². The molecule has 0 aliphatic heterocycles. The van der Waals surface area contributed by atoms with Gasteiger partial charge in [0.05, 0.1) is 0 Å². The minimum Gasteiger partial charge on any atom is -0.384 e. The quantitative estimate of drug-likeness (QED) is 0.886. The number of carbonyl (C=O) groups is 1. The van der Waals surface area contributed by atoms with Crippen LogP contribution in [0.1, 0.15) is 22.2 Å². The van der Waals surface area contributed by atoms with E-state index in [4.69, 9.17) is 5.11 Å². The molecule has 0 unspecified atom stereocenters. The molecular formula is C16H14FNO2S. The van der Waals surface area contributed by atoms with Gasteiger partial charge in [-0.1, -0.05) is 17.9 Å². The largest absolute Gasteiger partial charge is 0.384 e. The van der Waals surface area contributed by atoms with Crippen LogP contribution in [-0.2, 0) is 0 Å². The van der Waals surface area contributed by atoms with Crippen LogP contribution in [0.2, 0.25) is 0 Å². The first-order valence-electron chi connectivity index (χ1n) is 6.42. The molecule has 21 heavy (non-hydrogen) atoms. The van der Waals surface area contributed by atoms with Crippen molar-refractivity contribution in [1.29, 1.82) is 0 Å². The van der Waals surface area contributed by atoms with Gasteiger partial charge in [-0.05, 0) is 36.6 Å². The Labute approximate surface area is 126 Å². The van der Waals surface area contributed by atoms with Crippen molar-refractivity contribution in [3.05, 3.63) is 52.0 Å². The maximum Gasteiger partial charge on any atom is 0.269 e. The van der Waals surface area contributed by atoms with E-state index in [0.717, 1.165) is 0 Å². The second kappa shape index (κ2) is 7.02. The number of anilines is 1. The van der Waals surface area contributed by atoms with Gasteiger partial charge in [-0.2, -0.15) is 0 Å². The Bertz CT molecular complexity index is 700. The van der Waals surface area contributed by atoms with Crippen LogP contribution in [0.5, 0.6) is 0 Å². The summed E-state index contributed by atoms with van der Waals surface area (Å²) in [5.41, 5.74) is 1.09. The number of nitrogens with zero attached hydrogens (tertiary/aromatic N) is 1. The summed E-state index contributed by atoms with van der Waals surface area (Å²) in [6.07, 6.45) is 0. The van der Waals surface area contributed by atoms with Crippen LogP contribution in [0.15, 0.2) is 35.7 Å². The van der Waals surface area contributed by atoms with Crippen molar-refractivity contribution in [3.8, 4) is 11.8 Å². The third-order valence-electron chi connectivity index (χ3n) is 2.84. The van der Waals surface area contributed by atoms with Crippen LogP contribution in [0.25, 0.3) is 0 Å². The van der Waals surface area contributed by atoms with E-state index in [2.05, 4.69) is 11.8 Å². The molecule has 5 heteroatoms. The van der Waals surface area contributed by atoms with Gasteiger partial charge >= 0.3 is 0 Å². The summed E-state index contributed by atoms with van der Waals surface area (Å²) < 4.78 is 13.3. The molecule has 108 valence electrons. The summed E-state index contributed by atoms with van der Waals surface area (Å²) in [4.78, 5) is 14.6. The maximum atomic E-state index is 13.3. The predicted molar refractivity (Wildman–Crippen MR) is 82.0 cm³/mol. The Balaban J connectivity index is 2.35. The number of benzene rings is 1. The Morgan fingerprint density at radius 2 is 2.24 bits per heavy atom. The smallest absolute Gasteiger partial charge is 0.269 e. The lowest BCUT2D eigenvalue weighted by molar-refractivity contribution is 0.0992. The van der Waals surface area contributed by atoms with Crippen molar-refractivity contribution in [1.82, 2.24) is 0 Å². The fraction of sp³-hybridized carbons (Fsp3) is 0.188. The van der Waals surface area contributed by atoms with Gasteiger partial charge in [0.2, 0.25) is 0 Å². The van der Waals surface area contributed by atoms with Crippen molar-refractivity contribution in [3.63, 3.8) is 0 Å². The van der Waals surface area contributed by atoms with Crippen molar-refractivity contribution >= 4 is 22.9 Å². The summed E-state index contributed by atoms with van der Waals surface area (Å²) in [6.45, 7) is 1.99. The molecule has 0 saturated carbocycles. The Kier molecular flexibility index (Phi) is 5.09. The topological polar surface area (TPSA) is 40.5 Å². The standard InChI is InChI=1S/C16H14FNO2S/c1-2-18(14-7-3-6-13(17)11-14)16(20)15-12(5-4-9-19)8-10-21-15/h3,6-8,10-11,19H,2,9H2,1H3. The van der Waals surface area contributed by atoms with E-state index in [9.17, 15) is 9.18 Å². The molecule has 0 fully saturated rings. The highest BCUT2D eigenvalue weighted by molar-refractivity contribution is 7.12. The summed E-state index contributed by atoms with van der Waals surface area (Å²) in [6, 6.07) is 7.66. The molecule has 3 nitrogen and oxygen atoms in total. The zero-order chi connectivity index (χ0) is 15.2. The predicted octanol–water partition coefficient (Wildman–Crippen LogP) is 2.90. The van der Waals surface area contributed by atoms with Gasteiger partial charge in [0.25, 0.3) is 5.91 Å². The Morgan fingerprint density at radius 1 is 1.43 bits per heavy atom. The second-order valence-corrected chi connectivity index (χ2v) is 5.07. The van der Waals surface area contributed by atoms with Crippen molar-refractivity contribution < 1.29 is 14.3 Å². The SMILES string of the molecule is CCN(C(=O)c1sccc1C#CCO)c1cccc(F)c1. The van der Waals surface area contributed by atoms with E-state index >= 15 is 0 Å². The third kappa shape index (κ3) is 3.48. The lowest BCUT2D eigenvalue weighted by Crippen LogP contribution is -2.30. The van der Waals surface area contributed by atoms with Gasteiger partial charge in [0.1, 0.15) is 17.3 Å². The van der Waals surface area contributed by atoms with E-state index < -0.39 is 0 Å². The Hall–Kier alpha value is -2.16. The molecule has 1 aromatic carbocycles. The summed E-state index contributed by atoms with van der Waals surface area (Å²) >= 11 is 1.28. The first-order chi connectivity index (χ1) is 10.2. The highest BCUT2D eigenvalue weighted by Crippen LogP contribution is 2.23. The third-order valence-corrected chi connectivity index (χ3v) is 3.75. The molecule has 1 aromatic heterocycles. The van der Waals surface area contributed by atoms with Crippen LogP contribution in [0.4, 0.5) is 10.1 Å². The molecule has 0 bridgehead atoms. The van der Waals surface area contributed by atoms with Gasteiger partial charge in [-0.25, -0.2) is 4.39 Å². The molecule has 1 heterocycles. The molecule has 0 aliphatic carbocycles. The number of halogens is 1. The van der Waals surface area contributed by atoms with Gasteiger partial charge in [-0.15, -0.1) is 11.3 Å². The number of amides is 1. The first kappa shape index (κ1) is 15.2. The minimum absolute atomic E-state index is 0.222. The molecule has 1 N–H and O–H groups in total. The zero-order valence-corrected chi connectivity index (χ0v) is 12.3. The molecule has 0 aliphatic rings. The molecule has 2 aromatic rings. The molecular weight excluding hydrogens is 289 g/mol. The number of rotatable bonds is 3. The number of aliphatic hydroxyl groups is 1. The highest BCUT2D eigenvalue weighted by Gasteiger charge is 2.20. The summed E-state index contributed by atoms with van der Waals surface area (Å²) in [7, 11) is 0. The molecule has 0 radical (unpaired) electrons. The summed E-state index contributed by atoms with van der Waals surface area (Å²) in [5.74, 6) is 4.68. The monoisotopic (exact) mass is 303 g/mol. The van der Waals surface area contributed by atoms with Gasteiger partial charge in [0, 0.05) is 17.8 Å². The van der Waals surface area contributed by atoms with Crippen LogP contribution in [0.3, 0.4) is 0 Å². The fourth-order valence-corrected chi connectivity index (χ4v) is 2.72. The number of aliphatic hydroxyl groups excluding tert-OH is 1. The lowest BCUT2D eigenvalue weighted by atomic mass is 10.2.